The van der Waals surface area contributed by atoms with Gasteiger partial charge in [-0.1, -0.05) is 21.6 Å². The Labute approximate surface area is 38.5 Å². The van der Waals surface area contributed by atoms with Gasteiger partial charge in [-0.05, 0) is 0 Å². The molecule has 0 aliphatic carbocycles. The van der Waals surface area contributed by atoms with E-state index in [0.717, 1.165) is 0 Å². The molecule has 0 spiro atoms. The lowest BCUT2D eigenvalue weighted by Gasteiger charge is -1.69. The molecule has 1 fully saturated rings. The van der Waals surface area contributed by atoms with Crippen LogP contribution in [0.5, 0.6) is 0 Å². The Morgan fingerprint density at radius 3 is 2.20 bits per heavy atom. The van der Waals surface area contributed by atoms with Gasteiger partial charge in [-0.15, -0.1) is 0 Å². The molecule has 0 bridgehead atoms. The van der Waals surface area contributed by atoms with Crippen LogP contribution >= 0.6 is 21.6 Å². The third-order valence-electron chi connectivity index (χ3n) is 0.381. The van der Waals surface area contributed by atoms with Crippen LogP contribution in [0.15, 0.2) is 0 Å². The molecule has 3 heteroatoms. The SMILES string of the molecule is OCC1SS1. The zero-order valence-corrected chi connectivity index (χ0v) is 4.18. The third-order valence-corrected chi connectivity index (χ3v) is 2.54. The molecular weight excluding hydrogens is 104 g/mol. The third kappa shape index (κ3) is 1.03. The predicted molar refractivity (Wildman–Crippen MR) is 26.1 cm³/mol. The van der Waals surface area contributed by atoms with Crippen molar-refractivity contribution >= 4 is 21.6 Å². The van der Waals surface area contributed by atoms with Gasteiger partial charge in [0.05, 0.1) is 11.2 Å². The number of rotatable bonds is 1. The van der Waals surface area contributed by atoms with Crippen molar-refractivity contribution in [1.82, 2.24) is 0 Å². The Bertz CT molecular complexity index is 34.6. The highest BCUT2D eigenvalue weighted by Crippen LogP contribution is 2.52. The molecule has 1 nitrogen and oxygen atoms in total. The summed E-state index contributed by atoms with van der Waals surface area (Å²) in [4.78, 5) is 0. The van der Waals surface area contributed by atoms with E-state index in [-0.39, 0.29) is 0 Å². The molecule has 0 amide bonds. The van der Waals surface area contributed by atoms with E-state index in [4.69, 9.17) is 5.11 Å². The standard InChI is InChI=1S/C2H4OS2/c3-1-2-4-5-2/h2-3H,1H2. The Kier molecular flexibility index (Phi) is 1.08. The van der Waals surface area contributed by atoms with Gasteiger partial charge in [-0.2, -0.15) is 0 Å². The fraction of sp³-hybridized carbons (Fsp3) is 1.00. The Morgan fingerprint density at radius 1 is 1.60 bits per heavy atom. The van der Waals surface area contributed by atoms with E-state index in [2.05, 4.69) is 0 Å². The molecule has 0 aromatic carbocycles. The molecule has 0 unspecified atom stereocenters. The Balaban J connectivity index is 2.00. The summed E-state index contributed by atoms with van der Waals surface area (Å²) in [7, 11) is 3.47. The lowest BCUT2D eigenvalue weighted by atomic mass is 10.9. The van der Waals surface area contributed by atoms with Gasteiger partial charge < -0.3 is 5.11 Å². The first-order valence-electron chi connectivity index (χ1n) is 1.36. The van der Waals surface area contributed by atoms with E-state index >= 15 is 0 Å². The summed E-state index contributed by atoms with van der Waals surface area (Å²) < 4.78 is 0.523. The minimum atomic E-state index is 0.343. The second-order valence-corrected chi connectivity index (χ2v) is 3.78. The van der Waals surface area contributed by atoms with E-state index < -0.39 is 0 Å². The Morgan fingerprint density at radius 2 is 2.20 bits per heavy atom. The Hall–Kier alpha value is 0.660. The van der Waals surface area contributed by atoms with Gasteiger partial charge in [0.1, 0.15) is 0 Å². The van der Waals surface area contributed by atoms with E-state index in [1.165, 1.54) is 0 Å². The minimum Gasteiger partial charge on any atom is -0.394 e. The van der Waals surface area contributed by atoms with Gasteiger partial charge in [0, 0.05) is 0 Å². The van der Waals surface area contributed by atoms with E-state index in [0.29, 0.717) is 11.2 Å². The maximum atomic E-state index is 8.16. The molecule has 0 saturated carbocycles. The van der Waals surface area contributed by atoms with Crippen molar-refractivity contribution in [3.8, 4) is 0 Å². The van der Waals surface area contributed by atoms with Gasteiger partial charge in [0.2, 0.25) is 0 Å². The van der Waals surface area contributed by atoms with Crippen LogP contribution in [0, 0.1) is 0 Å². The molecule has 5 heavy (non-hydrogen) atoms. The molecule has 1 aliphatic rings. The first kappa shape index (κ1) is 3.84. The summed E-state index contributed by atoms with van der Waals surface area (Å²) in [5, 5.41) is 8.16. The normalized spacial score (nSPS) is 23.4. The first-order chi connectivity index (χ1) is 2.43. The smallest absolute Gasteiger partial charge is 0.0940 e. The van der Waals surface area contributed by atoms with Crippen LogP contribution < -0.4 is 0 Å². The molecule has 1 saturated heterocycles. The number of hydrogen-bond donors (Lipinski definition) is 1. The van der Waals surface area contributed by atoms with Crippen molar-refractivity contribution in [2.24, 2.45) is 0 Å². The van der Waals surface area contributed by atoms with E-state index in [1.807, 2.05) is 0 Å². The molecule has 1 rings (SSSR count). The van der Waals surface area contributed by atoms with Crippen LogP contribution in [0.1, 0.15) is 0 Å². The van der Waals surface area contributed by atoms with E-state index in [1.54, 1.807) is 21.6 Å². The van der Waals surface area contributed by atoms with Crippen molar-refractivity contribution in [3.05, 3.63) is 0 Å². The lowest BCUT2D eigenvalue weighted by Crippen LogP contribution is -1.82. The number of aliphatic hydroxyl groups is 1. The second kappa shape index (κ2) is 1.41. The summed E-state index contributed by atoms with van der Waals surface area (Å²) in [5.41, 5.74) is 0. The summed E-state index contributed by atoms with van der Waals surface area (Å²) in [6, 6.07) is 0. The fourth-order valence-electron chi connectivity index (χ4n) is 0.100. The molecule has 0 radical (unpaired) electrons. The summed E-state index contributed by atoms with van der Waals surface area (Å²) >= 11 is 0. The van der Waals surface area contributed by atoms with Crippen LogP contribution in [-0.4, -0.2) is 16.3 Å². The second-order valence-electron chi connectivity index (χ2n) is 0.805. The van der Waals surface area contributed by atoms with Gasteiger partial charge in [-0.3, -0.25) is 0 Å². The van der Waals surface area contributed by atoms with Crippen molar-refractivity contribution < 1.29 is 5.11 Å². The molecule has 1 heterocycles. The number of hydrogen-bond acceptors (Lipinski definition) is 3. The van der Waals surface area contributed by atoms with Crippen LogP contribution in [0.3, 0.4) is 0 Å². The first-order valence-corrected chi connectivity index (χ1v) is 3.64. The van der Waals surface area contributed by atoms with Crippen molar-refractivity contribution in [1.29, 1.82) is 0 Å². The fourth-order valence-corrected chi connectivity index (χ4v) is 0.901. The molecule has 1 N–H and O–H groups in total. The maximum absolute atomic E-state index is 8.16. The summed E-state index contributed by atoms with van der Waals surface area (Å²) in [6.07, 6.45) is 0. The monoisotopic (exact) mass is 108 g/mol. The van der Waals surface area contributed by atoms with Crippen molar-refractivity contribution in [2.75, 3.05) is 6.61 Å². The average molecular weight is 108 g/mol. The van der Waals surface area contributed by atoms with Crippen LogP contribution in [0.25, 0.3) is 0 Å². The minimum absolute atomic E-state index is 0.343. The van der Waals surface area contributed by atoms with Gasteiger partial charge >= 0.3 is 0 Å². The van der Waals surface area contributed by atoms with Gasteiger partial charge in [-0.25, -0.2) is 0 Å². The van der Waals surface area contributed by atoms with Gasteiger partial charge in [0.15, 0.2) is 0 Å². The summed E-state index contributed by atoms with van der Waals surface area (Å²) in [6.45, 7) is 0.343. The van der Waals surface area contributed by atoms with Crippen molar-refractivity contribution in [3.63, 3.8) is 0 Å². The van der Waals surface area contributed by atoms with E-state index in [9.17, 15) is 0 Å². The highest BCUT2D eigenvalue weighted by atomic mass is 33.2. The lowest BCUT2D eigenvalue weighted by molar-refractivity contribution is 0.318. The van der Waals surface area contributed by atoms with Crippen LogP contribution in [0.2, 0.25) is 0 Å². The van der Waals surface area contributed by atoms with Gasteiger partial charge in [0.25, 0.3) is 0 Å². The quantitative estimate of drug-likeness (QED) is 0.394. The number of aliphatic hydroxyl groups excluding tert-OH is 1. The predicted octanol–water partition coefficient (Wildman–Crippen LogP) is 0.700. The topological polar surface area (TPSA) is 20.2 Å². The largest absolute Gasteiger partial charge is 0.394 e. The molecule has 0 aromatic heterocycles. The molecule has 30 valence electrons. The maximum Gasteiger partial charge on any atom is 0.0940 e. The highest BCUT2D eigenvalue weighted by molar-refractivity contribution is 8.92. The van der Waals surface area contributed by atoms with Crippen LogP contribution in [-0.2, 0) is 0 Å². The van der Waals surface area contributed by atoms with Crippen LogP contribution in [0.4, 0.5) is 0 Å². The zero-order chi connectivity index (χ0) is 3.70. The highest BCUT2D eigenvalue weighted by Gasteiger charge is 2.21. The molecular formula is C2H4OS2. The zero-order valence-electron chi connectivity index (χ0n) is 2.55. The molecule has 0 aromatic rings. The molecule has 1 aliphatic heterocycles. The molecule has 0 atom stereocenters. The van der Waals surface area contributed by atoms with Crippen molar-refractivity contribution in [2.45, 2.75) is 4.58 Å². The average Bonchev–Trinajstić information content (AvgIpc) is 2.12. The summed E-state index contributed by atoms with van der Waals surface area (Å²) in [5.74, 6) is 0.